The third-order valence-electron chi connectivity index (χ3n) is 6.13. The third-order valence-corrected chi connectivity index (χ3v) is 6.13. The Morgan fingerprint density at radius 2 is 1.88 bits per heavy atom. The van der Waals surface area contributed by atoms with Crippen molar-refractivity contribution in [1.29, 1.82) is 0 Å². The Morgan fingerprint density at radius 3 is 2.73 bits per heavy atom. The standard InChI is InChI=1S/C22H21N5O6/c1-29-14-5-2-12(3-6-14)22(28)23-15-9-30-20-16(10-31-19(15)20)27-21(24-25-26-27)13-4-7-17-18(8-13)33-11-32-17/h2-8,15-16,19-20H,9-11H2,1H3,(H,23,28)/t15-,16+,19-,20+/m1/s1. The van der Waals surface area contributed by atoms with Gasteiger partial charge in [-0.3, -0.25) is 4.79 Å². The normalized spacial score (nSPS) is 25.1. The maximum Gasteiger partial charge on any atom is 0.251 e. The Kier molecular flexibility index (Phi) is 4.84. The van der Waals surface area contributed by atoms with Crippen molar-refractivity contribution in [1.82, 2.24) is 25.5 Å². The molecule has 2 saturated heterocycles. The number of nitrogens with zero attached hydrogens (tertiary/aromatic N) is 4. The first-order valence-corrected chi connectivity index (χ1v) is 10.6. The number of carbonyl (C=O) groups is 1. The fourth-order valence-corrected chi connectivity index (χ4v) is 4.45. The SMILES string of the molecule is COc1ccc(C(=O)N[C@@H]2CO[C@@H]3[C@@H]2OC[C@@H]3n2nnnc2-c2ccc3c(c2)OCO3)cc1. The number of fused-ring (bicyclic) bond motifs is 2. The number of benzene rings is 2. The molecule has 0 spiro atoms. The lowest BCUT2D eigenvalue weighted by Gasteiger charge is -2.18. The van der Waals surface area contributed by atoms with E-state index >= 15 is 0 Å². The molecule has 0 bridgehead atoms. The Morgan fingerprint density at radius 1 is 1.06 bits per heavy atom. The van der Waals surface area contributed by atoms with Crippen LogP contribution in [0.2, 0.25) is 0 Å². The van der Waals surface area contributed by atoms with Gasteiger partial charge in [0, 0.05) is 11.1 Å². The minimum absolute atomic E-state index is 0.192. The fraction of sp³-hybridized carbons (Fsp3) is 0.364. The molecule has 11 heteroatoms. The predicted octanol–water partition coefficient (Wildman–Crippen LogP) is 1.21. The first-order valence-electron chi connectivity index (χ1n) is 10.6. The lowest BCUT2D eigenvalue weighted by atomic mass is 10.1. The number of ether oxygens (including phenoxy) is 5. The van der Waals surface area contributed by atoms with Gasteiger partial charge in [0.2, 0.25) is 6.79 Å². The van der Waals surface area contributed by atoms with Crippen molar-refractivity contribution in [2.24, 2.45) is 0 Å². The molecular weight excluding hydrogens is 430 g/mol. The van der Waals surface area contributed by atoms with Gasteiger partial charge in [-0.25, -0.2) is 4.68 Å². The summed E-state index contributed by atoms with van der Waals surface area (Å²) in [7, 11) is 1.58. The van der Waals surface area contributed by atoms with Gasteiger partial charge in [0.15, 0.2) is 17.3 Å². The first kappa shape index (κ1) is 19.9. The lowest BCUT2D eigenvalue weighted by molar-refractivity contribution is 0.0615. The number of amides is 1. The number of hydrogen-bond donors (Lipinski definition) is 1. The van der Waals surface area contributed by atoms with Crippen LogP contribution in [0.25, 0.3) is 11.4 Å². The minimum Gasteiger partial charge on any atom is -0.497 e. The van der Waals surface area contributed by atoms with E-state index in [-0.39, 0.29) is 37.0 Å². The van der Waals surface area contributed by atoms with Crippen molar-refractivity contribution >= 4 is 5.91 Å². The number of tetrazole rings is 1. The monoisotopic (exact) mass is 451 g/mol. The van der Waals surface area contributed by atoms with E-state index in [1.807, 2.05) is 18.2 Å². The molecule has 11 nitrogen and oxygen atoms in total. The Labute approximate surface area is 188 Å². The van der Waals surface area contributed by atoms with E-state index in [1.54, 1.807) is 36.1 Å². The quantitative estimate of drug-likeness (QED) is 0.611. The van der Waals surface area contributed by atoms with E-state index in [1.165, 1.54) is 0 Å². The van der Waals surface area contributed by atoms with Crippen LogP contribution in [0.15, 0.2) is 42.5 Å². The molecule has 2 fully saturated rings. The molecule has 0 saturated carbocycles. The van der Waals surface area contributed by atoms with Gasteiger partial charge >= 0.3 is 0 Å². The van der Waals surface area contributed by atoms with Crippen molar-refractivity contribution < 1.29 is 28.5 Å². The second kappa shape index (κ2) is 8.01. The molecule has 2 aromatic carbocycles. The van der Waals surface area contributed by atoms with Gasteiger partial charge in [0.05, 0.1) is 26.4 Å². The highest BCUT2D eigenvalue weighted by Gasteiger charge is 2.50. The van der Waals surface area contributed by atoms with E-state index in [0.29, 0.717) is 41.9 Å². The van der Waals surface area contributed by atoms with Crippen LogP contribution in [0.1, 0.15) is 16.4 Å². The molecule has 0 unspecified atom stereocenters. The van der Waals surface area contributed by atoms with Crippen LogP contribution in [0.5, 0.6) is 17.2 Å². The summed E-state index contributed by atoms with van der Waals surface area (Å²) < 4.78 is 29.8. The third kappa shape index (κ3) is 3.45. The van der Waals surface area contributed by atoms with E-state index in [2.05, 4.69) is 20.8 Å². The van der Waals surface area contributed by atoms with Crippen molar-refractivity contribution in [3.05, 3.63) is 48.0 Å². The van der Waals surface area contributed by atoms with E-state index in [9.17, 15) is 4.79 Å². The zero-order valence-corrected chi connectivity index (χ0v) is 17.7. The van der Waals surface area contributed by atoms with Gasteiger partial charge in [-0.1, -0.05) is 0 Å². The Bertz CT molecular complexity index is 1180. The number of carbonyl (C=O) groups excluding carboxylic acids is 1. The summed E-state index contributed by atoms with van der Waals surface area (Å²) >= 11 is 0. The maximum atomic E-state index is 12.7. The summed E-state index contributed by atoms with van der Waals surface area (Å²) in [6.07, 6.45) is -0.589. The number of rotatable bonds is 5. The van der Waals surface area contributed by atoms with Gasteiger partial charge in [-0.2, -0.15) is 0 Å². The van der Waals surface area contributed by atoms with Crippen LogP contribution in [0.3, 0.4) is 0 Å². The van der Waals surface area contributed by atoms with Crippen molar-refractivity contribution in [2.45, 2.75) is 24.3 Å². The van der Waals surface area contributed by atoms with Crippen molar-refractivity contribution in [2.75, 3.05) is 27.1 Å². The lowest BCUT2D eigenvalue weighted by Crippen LogP contribution is -2.44. The molecule has 4 atom stereocenters. The summed E-state index contributed by atoms with van der Waals surface area (Å²) in [5.41, 5.74) is 1.34. The highest BCUT2D eigenvalue weighted by molar-refractivity contribution is 5.94. The summed E-state index contributed by atoms with van der Waals surface area (Å²) in [4.78, 5) is 12.7. The van der Waals surface area contributed by atoms with E-state index in [0.717, 1.165) is 5.56 Å². The molecule has 170 valence electrons. The smallest absolute Gasteiger partial charge is 0.251 e. The Balaban J connectivity index is 1.18. The van der Waals surface area contributed by atoms with Gasteiger partial charge in [0.1, 0.15) is 24.0 Å². The van der Waals surface area contributed by atoms with Gasteiger partial charge < -0.3 is 29.0 Å². The minimum atomic E-state index is -0.300. The molecule has 3 aromatic rings. The van der Waals surface area contributed by atoms with Crippen LogP contribution in [0.4, 0.5) is 0 Å². The fourth-order valence-electron chi connectivity index (χ4n) is 4.45. The van der Waals surface area contributed by atoms with Crippen LogP contribution >= 0.6 is 0 Å². The highest BCUT2D eigenvalue weighted by atomic mass is 16.7. The molecule has 6 rings (SSSR count). The molecule has 3 aliphatic rings. The molecule has 1 amide bonds. The van der Waals surface area contributed by atoms with Crippen molar-refractivity contribution in [3.63, 3.8) is 0 Å². The predicted molar refractivity (Wildman–Crippen MR) is 112 cm³/mol. The second-order valence-electron chi connectivity index (χ2n) is 7.99. The summed E-state index contributed by atoms with van der Waals surface area (Å²) in [6.45, 7) is 0.906. The van der Waals surface area contributed by atoms with Gasteiger partial charge in [0.25, 0.3) is 5.91 Å². The van der Waals surface area contributed by atoms with Crippen LogP contribution in [-0.2, 0) is 9.47 Å². The topological polar surface area (TPSA) is 119 Å². The van der Waals surface area contributed by atoms with E-state index in [4.69, 9.17) is 23.7 Å². The van der Waals surface area contributed by atoms with Gasteiger partial charge in [-0.05, 0) is 52.9 Å². The molecule has 3 aliphatic heterocycles. The molecule has 0 radical (unpaired) electrons. The summed E-state index contributed by atoms with van der Waals surface area (Å²) in [5.74, 6) is 2.43. The number of nitrogens with one attached hydrogen (secondary N) is 1. The number of aromatic nitrogens is 4. The number of hydrogen-bond acceptors (Lipinski definition) is 9. The highest BCUT2D eigenvalue weighted by Crippen LogP contribution is 2.38. The average Bonchev–Trinajstić information content (AvgIpc) is 3.63. The molecule has 4 heterocycles. The first-order chi connectivity index (χ1) is 16.2. The molecule has 1 aromatic heterocycles. The van der Waals surface area contributed by atoms with Gasteiger partial charge in [-0.15, -0.1) is 5.10 Å². The Hall–Kier alpha value is -3.70. The molecule has 0 aliphatic carbocycles. The largest absolute Gasteiger partial charge is 0.497 e. The summed E-state index contributed by atoms with van der Waals surface area (Å²) in [6, 6.07) is 12.0. The summed E-state index contributed by atoms with van der Waals surface area (Å²) in [5, 5.41) is 15.3. The molecular formula is C22H21N5O6. The van der Waals surface area contributed by atoms with Crippen molar-refractivity contribution in [3.8, 4) is 28.6 Å². The van der Waals surface area contributed by atoms with Crippen LogP contribution in [0, 0.1) is 0 Å². The molecule has 33 heavy (non-hydrogen) atoms. The zero-order chi connectivity index (χ0) is 22.4. The zero-order valence-electron chi connectivity index (χ0n) is 17.7. The maximum absolute atomic E-state index is 12.7. The molecule has 1 N–H and O–H groups in total. The van der Waals surface area contributed by atoms with Crippen LogP contribution in [-0.4, -0.2) is 71.5 Å². The number of methoxy groups -OCH3 is 1. The average molecular weight is 451 g/mol. The second-order valence-corrected chi connectivity index (χ2v) is 7.99. The van der Waals surface area contributed by atoms with E-state index < -0.39 is 0 Å². The van der Waals surface area contributed by atoms with Crippen LogP contribution < -0.4 is 19.5 Å².